The van der Waals surface area contributed by atoms with Gasteiger partial charge in [-0.2, -0.15) is 0 Å². The zero-order valence-corrected chi connectivity index (χ0v) is 9.60. The van der Waals surface area contributed by atoms with Gasteiger partial charge in [0.2, 0.25) is 0 Å². The van der Waals surface area contributed by atoms with E-state index in [-0.39, 0.29) is 0 Å². The summed E-state index contributed by atoms with van der Waals surface area (Å²) in [4.78, 5) is 0. The minimum Gasteiger partial charge on any atom is -0.103 e. The number of hydrogen-bond acceptors (Lipinski definition) is 0. The zero-order valence-electron chi connectivity index (χ0n) is 9.60. The molecule has 0 aromatic rings. The van der Waals surface area contributed by atoms with Crippen molar-refractivity contribution < 1.29 is 0 Å². The van der Waals surface area contributed by atoms with E-state index in [0.29, 0.717) is 0 Å². The van der Waals surface area contributed by atoms with E-state index >= 15 is 0 Å². The Morgan fingerprint density at radius 2 is 2.07 bits per heavy atom. The predicted octanol–water partition coefficient (Wildman–Crippen LogP) is 4.87. The van der Waals surface area contributed by atoms with E-state index in [1.54, 1.807) is 5.57 Å². The summed E-state index contributed by atoms with van der Waals surface area (Å²) in [7, 11) is 0. The summed E-state index contributed by atoms with van der Waals surface area (Å²) in [5, 5.41) is 0. The minimum atomic E-state index is 0.842. The van der Waals surface area contributed by atoms with Gasteiger partial charge in [-0.1, -0.05) is 43.9 Å². The summed E-state index contributed by atoms with van der Waals surface area (Å²) in [5.74, 6) is 0.842. The van der Waals surface area contributed by atoms with E-state index < -0.39 is 0 Å². The monoisotopic (exact) mass is 192 g/mol. The van der Waals surface area contributed by atoms with Gasteiger partial charge in [0, 0.05) is 0 Å². The zero-order chi connectivity index (χ0) is 10.2. The first-order chi connectivity index (χ1) is 6.83. The number of allylic oxidation sites excluding steroid dienone is 3. The fraction of sp³-hybridized carbons (Fsp3) is 0.714. The molecule has 0 saturated heterocycles. The van der Waals surface area contributed by atoms with E-state index in [9.17, 15) is 0 Å². The second kappa shape index (κ2) is 6.86. The fourth-order valence-electron chi connectivity index (χ4n) is 1.80. The molecule has 1 aliphatic rings. The van der Waals surface area contributed by atoms with Crippen molar-refractivity contribution in [2.45, 2.75) is 58.3 Å². The summed E-state index contributed by atoms with van der Waals surface area (Å²) in [6.07, 6.45) is 15.4. The van der Waals surface area contributed by atoms with Crippen molar-refractivity contribution in [2.75, 3.05) is 0 Å². The Kier molecular flexibility index (Phi) is 5.66. The maximum atomic E-state index is 3.78. The summed E-state index contributed by atoms with van der Waals surface area (Å²) in [5.41, 5.74) is 1.70. The molecule has 14 heavy (non-hydrogen) atoms. The lowest BCUT2D eigenvalue weighted by molar-refractivity contribution is 0.497. The van der Waals surface area contributed by atoms with Gasteiger partial charge in [-0.05, 0) is 38.0 Å². The Hall–Kier alpha value is -0.520. The number of unbranched alkanes of at least 4 members (excludes halogenated alkanes) is 3. The Labute approximate surface area is 89.1 Å². The molecule has 0 spiro atoms. The highest BCUT2D eigenvalue weighted by Gasteiger charge is 2.08. The van der Waals surface area contributed by atoms with Gasteiger partial charge >= 0.3 is 0 Å². The van der Waals surface area contributed by atoms with Crippen LogP contribution in [0.3, 0.4) is 0 Å². The van der Waals surface area contributed by atoms with Gasteiger partial charge in [0.05, 0.1) is 0 Å². The summed E-state index contributed by atoms with van der Waals surface area (Å²) in [6, 6.07) is 0. The van der Waals surface area contributed by atoms with Crippen molar-refractivity contribution in [3.05, 3.63) is 24.3 Å². The molecule has 80 valence electrons. The molecule has 0 aliphatic heterocycles. The predicted molar refractivity (Wildman–Crippen MR) is 64.4 cm³/mol. The number of rotatable bonds is 8. The van der Waals surface area contributed by atoms with Crippen LogP contribution in [0.15, 0.2) is 24.3 Å². The molecule has 1 fully saturated rings. The Morgan fingerprint density at radius 3 is 2.71 bits per heavy atom. The van der Waals surface area contributed by atoms with Crippen LogP contribution in [0.5, 0.6) is 0 Å². The molecule has 0 aromatic heterocycles. The molecule has 0 heteroatoms. The SMILES string of the molecule is C=CCC(C)CCCCCC=C1CC1. The van der Waals surface area contributed by atoms with Crippen LogP contribution < -0.4 is 0 Å². The first-order valence-electron chi connectivity index (χ1n) is 6.11. The van der Waals surface area contributed by atoms with Crippen LogP contribution in [0.25, 0.3) is 0 Å². The molecule has 0 radical (unpaired) electrons. The molecule has 0 heterocycles. The van der Waals surface area contributed by atoms with Crippen molar-refractivity contribution in [1.82, 2.24) is 0 Å². The molecule has 0 N–H and O–H groups in total. The second-order valence-electron chi connectivity index (χ2n) is 4.63. The van der Waals surface area contributed by atoms with E-state index in [4.69, 9.17) is 0 Å². The summed E-state index contributed by atoms with van der Waals surface area (Å²) < 4.78 is 0. The van der Waals surface area contributed by atoms with E-state index in [2.05, 4.69) is 19.6 Å². The maximum absolute atomic E-state index is 3.78. The van der Waals surface area contributed by atoms with E-state index in [0.717, 1.165) is 5.92 Å². The fourth-order valence-corrected chi connectivity index (χ4v) is 1.80. The third-order valence-corrected chi connectivity index (χ3v) is 2.94. The molecule has 0 amide bonds. The smallest absolute Gasteiger partial charge is 0.0283 e. The topological polar surface area (TPSA) is 0 Å². The van der Waals surface area contributed by atoms with Gasteiger partial charge in [-0.25, -0.2) is 0 Å². The highest BCUT2D eigenvalue weighted by molar-refractivity contribution is 5.15. The molecule has 0 aromatic carbocycles. The first kappa shape index (κ1) is 11.6. The van der Waals surface area contributed by atoms with Crippen LogP contribution in [-0.2, 0) is 0 Å². The van der Waals surface area contributed by atoms with Crippen molar-refractivity contribution in [2.24, 2.45) is 5.92 Å². The average molecular weight is 192 g/mol. The van der Waals surface area contributed by atoms with E-state index in [1.165, 1.54) is 51.4 Å². The highest BCUT2D eigenvalue weighted by Crippen LogP contribution is 2.28. The van der Waals surface area contributed by atoms with Gasteiger partial charge < -0.3 is 0 Å². The summed E-state index contributed by atoms with van der Waals surface area (Å²) in [6.45, 7) is 6.10. The molecular formula is C14H24. The van der Waals surface area contributed by atoms with Crippen molar-refractivity contribution >= 4 is 0 Å². The van der Waals surface area contributed by atoms with Crippen LogP contribution >= 0.6 is 0 Å². The Bertz CT molecular complexity index is 182. The largest absolute Gasteiger partial charge is 0.103 e. The normalized spacial score (nSPS) is 16.5. The van der Waals surface area contributed by atoms with Crippen LogP contribution in [0, 0.1) is 5.92 Å². The van der Waals surface area contributed by atoms with Crippen molar-refractivity contribution in [3.63, 3.8) is 0 Å². The second-order valence-corrected chi connectivity index (χ2v) is 4.63. The highest BCUT2D eigenvalue weighted by atomic mass is 14.1. The van der Waals surface area contributed by atoms with Gasteiger partial charge in [-0.3, -0.25) is 0 Å². The Balaban J connectivity index is 1.83. The lowest BCUT2D eigenvalue weighted by Crippen LogP contribution is -1.92. The van der Waals surface area contributed by atoms with Gasteiger partial charge in [0.15, 0.2) is 0 Å². The lowest BCUT2D eigenvalue weighted by atomic mass is 9.99. The summed E-state index contributed by atoms with van der Waals surface area (Å²) >= 11 is 0. The first-order valence-corrected chi connectivity index (χ1v) is 6.11. The molecule has 1 atom stereocenters. The lowest BCUT2D eigenvalue weighted by Gasteiger charge is -2.07. The minimum absolute atomic E-state index is 0.842. The third-order valence-electron chi connectivity index (χ3n) is 2.94. The third kappa shape index (κ3) is 6.01. The standard InChI is InChI=1S/C14H24/c1-3-8-13(2)9-6-4-5-7-10-14-11-12-14/h3,10,13H,1,4-9,11-12H2,2H3. The van der Waals surface area contributed by atoms with Crippen molar-refractivity contribution in [1.29, 1.82) is 0 Å². The van der Waals surface area contributed by atoms with Gasteiger partial charge in [0.25, 0.3) is 0 Å². The van der Waals surface area contributed by atoms with Gasteiger partial charge in [0.1, 0.15) is 0 Å². The van der Waals surface area contributed by atoms with Crippen LogP contribution in [0.1, 0.15) is 58.3 Å². The molecule has 0 bridgehead atoms. The molecule has 1 aliphatic carbocycles. The molecule has 1 unspecified atom stereocenters. The van der Waals surface area contributed by atoms with Crippen molar-refractivity contribution in [3.8, 4) is 0 Å². The van der Waals surface area contributed by atoms with Crippen LogP contribution in [-0.4, -0.2) is 0 Å². The Morgan fingerprint density at radius 1 is 1.29 bits per heavy atom. The molecule has 0 nitrogen and oxygen atoms in total. The molecule has 1 saturated carbocycles. The average Bonchev–Trinajstić information content (AvgIpc) is 2.95. The van der Waals surface area contributed by atoms with Crippen LogP contribution in [0.2, 0.25) is 0 Å². The maximum Gasteiger partial charge on any atom is -0.0283 e. The quantitative estimate of drug-likeness (QED) is 0.380. The number of hydrogen-bond donors (Lipinski definition) is 0. The molecule has 1 rings (SSSR count). The van der Waals surface area contributed by atoms with E-state index in [1.807, 2.05) is 6.08 Å². The van der Waals surface area contributed by atoms with Crippen LogP contribution in [0.4, 0.5) is 0 Å². The molecular weight excluding hydrogens is 168 g/mol. The van der Waals surface area contributed by atoms with Gasteiger partial charge in [-0.15, -0.1) is 6.58 Å².